The van der Waals surface area contributed by atoms with E-state index < -0.39 is 0 Å². The number of rotatable bonds is 2. The van der Waals surface area contributed by atoms with E-state index >= 15 is 0 Å². The van der Waals surface area contributed by atoms with Crippen LogP contribution >= 0.6 is 0 Å². The minimum atomic E-state index is -0.121. The van der Waals surface area contributed by atoms with E-state index in [1.807, 2.05) is 6.07 Å². The number of hydrogen-bond acceptors (Lipinski definition) is 3. The van der Waals surface area contributed by atoms with Crippen molar-refractivity contribution < 1.29 is 9.21 Å². The molecule has 4 heteroatoms. The molecule has 2 atom stereocenters. The molecule has 1 aromatic heterocycles. The van der Waals surface area contributed by atoms with Gasteiger partial charge in [-0.3, -0.25) is 4.79 Å². The maximum Gasteiger partial charge on any atom is 0.287 e. The standard InChI is InChI=1S/C17H22N2O2/c1-11-3-2-4-14(7-5-11)19-17(20)16-10-12-9-13(18)6-8-15(12)21-16/h6,8-11,14H,2-5,7,18H2,1H3,(H,19,20). The third-order valence-electron chi connectivity index (χ3n) is 4.36. The van der Waals surface area contributed by atoms with Crippen LogP contribution in [0.4, 0.5) is 5.69 Å². The number of carbonyl (C=O) groups excluding carboxylic acids is 1. The molecule has 0 bridgehead atoms. The maximum atomic E-state index is 12.3. The molecular formula is C17H22N2O2. The Balaban J connectivity index is 1.71. The van der Waals surface area contributed by atoms with Gasteiger partial charge in [0.25, 0.3) is 5.91 Å². The number of anilines is 1. The Morgan fingerprint density at radius 2 is 2.10 bits per heavy atom. The summed E-state index contributed by atoms with van der Waals surface area (Å²) in [5, 5.41) is 3.98. The smallest absolute Gasteiger partial charge is 0.287 e. The first kappa shape index (κ1) is 14.0. The van der Waals surface area contributed by atoms with Crippen LogP contribution in [0.1, 0.15) is 49.6 Å². The Morgan fingerprint density at radius 3 is 2.95 bits per heavy atom. The minimum Gasteiger partial charge on any atom is -0.451 e. The predicted molar refractivity (Wildman–Crippen MR) is 84.1 cm³/mol. The third-order valence-corrected chi connectivity index (χ3v) is 4.36. The number of nitrogen functional groups attached to an aromatic ring is 1. The van der Waals surface area contributed by atoms with Crippen LogP contribution in [0.25, 0.3) is 11.0 Å². The Hall–Kier alpha value is -1.97. The Morgan fingerprint density at radius 1 is 1.24 bits per heavy atom. The highest BCUT2D eigenvalue weighted by atomic mass is 16.3. The lowest BCUT2D eigenvalue weighted by atomic mass is 10.0. The summed E-state index contributed by atoms with van der Waals surface area (Å²) >= 11 is 0. The van der Waals surface area contributed by atoms with Crippen LogP contribution in [0.3, 0.4) is 0 Å². The molecule has 3 N–H and O–H groups in total. The van der Waals surface area contributed by atoms with Crippen LogP contribution in [0, 0.1) is 5.92 Å². The van der Waals surface area contributed by atoms with Crippen molar-refractivity contribution in [3.63, 3.8) is 0 Å². The first-order valence-corrected chi connectivity index (χ1v) is 7.72. The Labute approximate surface area is 124 Å². The summed E-state index contributed by atoms with van der Waals surface area (Å²) in [5.74, 6) is 1.01. The molecule has 1 aliphatic rings. The Kier molecular flexibility index (Phi) is 3.86. The lowest BCUT2D eigenvalue weighted by Gasteiger charge is -2.15. The van der Waals surface area contributed by atoms with E-state index in [1.54, 1.807) is 18.2 Å². The highest BCUT2D eigenvalue weighted by Gasteiger charge is 2.20. The van der Waals surface area contributed by atoms with E-state index in [4.69, 9.17) is 10.2 Å². The molecule has 1 amide bonds. The van der Waals surface area contributed by atoms with E-state index in [2.05, 4.69) is 12.2 Å². The topological polar surface area (TPSA) is 68.3 Å². The van der Waals surface area contributed by atoms with Crippen LogP contribution in [0.15, 0.2) is 28.7 Å². The summed E-state index contributed by atoms with van der Waals surface area (Å²) in [4.78, 5) is 12.3. The summed E-state index contributed by atoms with van der Waals surface area (Å²) in [5.41, 5.74) is 7.12. The molecule has 0 spiro atoms. The van der Waals surface area contributed by atoms with Crippen molar-refractivity contribution in [2.24, 2.45) is 5.92 Å². The molecule has 0 radical (unpaired) electrons. The number of amides is 1. The fraction of sp³-hybridized carbons (Fsp3) is 0.471. The van der Waals surface area contributed by atoms with Gasteiger partial charge in [0.2, 0.25) is 0 Å². The molecule has 21 heavy (non-hydrogen) atoms. The molecule has 2 aromatic rings. The van der Waals surface area contributed by atoms with Crippen LogP contribution in [-0.4, -0.2) is 11.9 Å². The molecule has 4 nitrogen and oxygen atoms in total. The zero-order valence-electron chi connectivity index (χ0n) is 12.4. The van der Waals surface area contributed by atoms with Gasteiger partial charge in [-0.1, -0.05) is 19.8 Å². The van der Waals surface area contributed by atoms with E-state index in [0.717, 1.165) is 24.1 Å². The molecule has 3 rings (SSSR count). The van der Waals surface area contributed by atoms with E-state index in [-0.39, 0.29) is 11.9 Å². The molecule has 112 valence electrons. The largest absolute Gasteiger partial charge is 0.451 e. The van der Waals surface area contributed by atoms with Gasteiger partial charge in [-0.25, -0.2) is 0 Å². The van der Waals surface area contributed by atoms with Crippen molar-refractivity contribution in [3.8, 4) is 0 Å². The van der Waals surface area contributed by atoms with Gasteiger partial charge in [-0.05, 0) is 49.4 Å². The van der Waals surface area contributed by atoms with Crippen LogP contribution < -0.4 is 11.1 Å². The molecule has 1 aromatic carbocycles. The average Bonchev–Trinajstić information content (AvgIpc) is 2.77. The number of nitrogens with two attached hydrogens (primary N) is 1. The van der Waals surface area contributed by atoms with Gasteiger partial charge < -0.3 is 15.5 Å². The first-order valence-electron chi connectivity index (χ1n) is 7.72. The third kappa shape index (κ3) is 3.20. The quantitative estimate of drug-likeness (QED) is 0.653. The van der Waals surface area contributed by atoms with Crippen molar-refractivity contribution in [1.29, 1.82) is 0 Å². The summed E-state index contributed by atoms with van der Waals surface area (Å²) in [6.45, 7) is 2.29. The monoisotopic (exact) mass is 286 g/mol. The second-order valence-corrected chi connectivity index (χ2v) is 6.19. The maximum absolute atomic E-state index is 12.3. The summed E-state index contributed by atoms with van der Waals surface area (Å²) < 4.78 is 5.61. The molecule has 0 saturated heterocycles. The van der Waals surface area contributed by atoms with Gasteiger partial charge in [0, 0.05) is 17.1 Å². The van der Waals surface area contributed by atoms with Crippen molar-refractivity contribution in [3.05, 3.63) is 30.0 Å². The molecular weight excluding hydrogens is 264 g/mol. The zero-order valence-corrected chi connectivity index (χ0v) is 12.4. The van der Waals surface area contributed by atoms with E-state index in [1.165, 1.54) is 19.3 Å². The number of nitrogens with one attached hydrogen (secondary N) is 1. The van der Waals surface area contributed by atoms with Crippen LogP contribution in [0.5, 0.6) is 0 Å². The lowest BCUT2D eigenvalue weighted by Crippen LogP contribution is -2.34. The van der Waals surface area contributed by atoms with Gasteiger partial charge >= 0.3 is 0 Å². The fourth-order valence-electron chi connectivity index (χ4n) is 3.06. The summed E-state index contributed by atoms with van der Waals surface area (Å²) in [6.07, 6.45) is 5.74. The van der Waals surface area contributed by atoms with Crippen molar-refractivity contribution in [1.82, 2.24) is 5.32 Å². The normalized spacial score (nSPS) is 22.9. The molecule has 1 aliphatic carbocycles. The second kappa shape index (κ2) is 5.80. The number of fused-ring (bicyclic) bond motifs is 1. The SMILES string of the molecule is CC1CCCC(NC(=O)c2cc3cc(N)ccc3o2)CC1. The number of hydrogen-bond donors (Lipinski definition) is 2. The van der Waals surface area contributed by atoms with Gasteiger partial charge in [0.1, 0.15) is 5.58 Å². The molecule has 0 aliphatic heterocycles. The highest BCUT2D eigenvalue weighted by Crippen LogP contribution is 2.24. The highest BCUT2D eigenvalue weighted by molar-refractivity contribution is 5.96. The second-order valence-electron chi connectivity index (χ2n) is 6.19. The number of carbonyl (C=O) groups is 1. The number of furan rings is 1. The first-order chi connectivity index (χ1) is 10.1. The molecule has 1 fully saturated rings. The van der Waals surface area contributed by atoms with Crippen LogP contribution in [0.2, 0.25) is 0 Å². The average molecular weight is 286 g/mol. The van der Waals surface area contributed by atoms with E-state index in [9.17, 15) is 4.79 Å². The lowest BCUT2D eigenvalue weighted by molar-refractivity contribution is 0.0907. The summed E-state index contributed by atoms with van der Waals surface area (Å²) in [7, 11) is 0. The molecule has 1 heterocycles. The zero-order chi connectivity index (χ0) is 14.8. The van der Waals surface area contributed by atoms with Gasteiger partial charge in [0.05, 0.1) is 0 Å². The van der Waals surface area contributed by atoms with Gasteiger partial charge in [0.15, 0.2) is 5.76 Å². The van der Waals surface area contributed by atoms with Gasteiger partial charge in [-0.15, -0.1) is 0 Å². The molecule has 1 saturated carbocycles. The van der Waals surface area contributed by atoms with Crippen molar-refractivity contribution >= 4 is 22.6 Å². The van der Waals surface area contributed by atoms with E-state index in [0.29, 0.717) is 17.0 Å². The fourth-order valence-corrected chi connectivity index (χ4v) is 3.06. The molecule has 2 unspecified atom stereocenters. The summed E-state index contributed by atoms with van der Waals surface area (Å²) in [6, 6.07) is 7.43. The van der Waals surface area contributed by atoms with Crippen molar-refractivity contribution in [2.45, 2.75) is 45.1 Å². The predicted octanol–water partition coefficient (Wildman–Crippen LogP) is 3.71. The minimum absolute atomic E-state index is 0.121. The van der Waals surface area contributed by atoms with Crippen molar-refractivity contribution in [2.75, 3.05) is 5.73 Å². The van der Waals surface area contributed by atoms with Gasteiger partial charge in [-0.2, -0.15) is 0 Å². The Bertz CT molecular complexity index is 647. The number of benzene rings is 1. The van der Waals surface area contributed by atoms with Crippen LogP contribution in [-0.2, 0) is 0 Å².